The summed E-state index contributed by atoms with van der Waals surface area (Å²) in [5, 5.41) is 16.8. The van der Waals surface area contributed by atoms with E-state index < -0.39 is 23.4 Å². The molecule has 254 valence electrons. The van der Waals surface area contributed by atoms with Gasteiger partial charge in [0.25, 0.3) is 5.91 Å². The summed E-state index contributed by atoms with van der Waals surface area (Å²) in [6, 6.07) is 4.08. The number of aryl methyl sites for hydroxylation is 1. The fourth-order valence-electron chi connectivity index (χ4n) is 7.92. The van der Waals surface area contributed by atoms with Crippen LogP contribution in [0.5, 0.6) is 6.01 Å². The lowest BCUT2D eigenvalue weighted by molar-refractivity contribution is -0.140. The second kappa shape index (κ2) is 12.2. The van der Waals surface area contributed by atoms with Crippen molar-refractivity contribution in [2.45, 2.75) is 83.0 Å². The van der Waals surface area contributed by atoms with Crippen molar-refractivity contribution in [3.8, 4) is 12.1 Å². The van der Waals surface area contributed by atoms with Crippen molar-refractivity contribution in [3.63, 3.8) is 0 Å². The van der Waals surface area contributed by atoms with Crippen LogP contribution in [-0.4, -0.2) is 69.4 Å². The van der Waals surface area contributed by atoms with E-state index in [9.17, 15) is 23.2 Å². The number of rotatable bonds is 6. The van der Waals surface area contributed by atoms with Crippen molar-refractivity contribution in [1.82, 2.24) is 30.0 Å². The number of halogens is 3. The molecule has 2 fully saturated rings. The molecule has 48 heavy (non-hydrogen) atoms. The lowest BCUT2D eigenvalue weighted by atomic mass is 9.91. The van der Waals surface area contributed by atoms with Gasteiger partial charge in [-0.2, -0.15) is 33.5 Å². The van der Waals surface area contributed by atoms with Crippen LogP contribution in [0.2, 0.25) is 0 Å². The first-order chi connectivity index (χ1) is 23.0. The zero-order valence-corrected chi connectivity index (χ0v) is 27.0. The summed E-state index contributed by atoms with van der Waals surface area (Å²) in [5.74, 6) is 0.318. The standard InChI is InChI=1S/C33H38F3N9O3/c1-19-25-16-43(8-5-11-45(25)42-28(19)30(46)39-2)29-23-17-47-26(22-13-21(38)12-20(15-37)27(22)33(34,35)36)14-24(23)40-31(41-29)48-18-32-6-3-9-44(32)10-4-7-32/h12-13,26H,3-11,14,16-18,38H2,1-2H3,(H,39,46). The molecule has 0 aliphatic carbocycles. The SMILES string of the molecule is CNC(=O)c1nn2c(c1C)CN(c1nc(OCC34CCCN3CCC4)nc3c1COC(c1cc(N)cc(C#N)c1C(F)(F)F)C3)CCC2. The van der Waals surface area contributed by atoms with E-state index in [1.807, 2.05) is 11.6 Å². The van der Waals surface area contributed by atoms with Gasteiger partial charge in [-0.15, -0.1) is 0 Å². The number of anilines is 2. The number of carbonyl (C=O) groups is 1. The molecule has 1 atom stereocenters. The largest absolute Gasteiger partial charge is 0.461 e. The van der Waals surface area contributed by atoms with E-state index in [1.54, 1.807) is 13.1 Å². The van der Waals surface area contributed by atoms with E-state index in [0.717, 1.165) is 56.1 Å². The normalized spacial score (nSPS) is 20.4. The van der Waals surface area contributed by atoms with Gasteiger partial charge in [0, 0.05) is 43.4 Å². The maximum absolute atomic E-state index is 14.3. The van der Waals surface area contributed by atoms with Crippen LogP contribution >= 0.6 is 0 Å². The van der Waals surface area contributed by atoms with E-state index in [1.165, 1.54) is 6.07 Å². The first kappa shape index (κ1) is 32.1. The van der Waals surface area contributed by atoms with Crippen LogP contribution in [0.4, 0.5) is 24.7 Å². The van der Waals surface area contributed by atoms with Gasteiger partial charge in [-0.1, -0.05) is 0 Å². The molecule has 4 aliphatic heterocycles. The van der Waals surface area contributed by atoms with Crippen molar-refractivity contribution in [3.05, 3.63) is 57.0 Å². The average Bonchev–Trinajstić information content (AvgIpc) is 3.69. The van der Waals surface area contributed by atoms with E-state index >= 15 is 0 Å². The Labute approximate surface area is 276 Å². The summed E-state index contributed by atoms with van der Waals surface area (Å²) < 4.78 is 57.4. The fourth-order valence-corrected chi connectivity index (χ4v) is 7.92. The Morgan fingerprint density at radius 3 is 2.67 bits per heavy atom. The molecule has 0 spiro atoms. The number of ether oxygens (including phenoxy) is 2. The third-order valence-electron chi connectivity index (χ3n) is 10.3. The molecular formula is C33H38F3N9O3. The minimum atomic E-state index is -4.79. The number of nitrogen functional groups attached to an aromatic ring is 1. The van der Waals surface area contributed by atoms with E-state index in [0.29, 0.717) is 55.4 Å². The third-order valence-corrected chi connectivity index (χ3v) is 10.3. The van der Waals surface area contributed by atoms with Gasteiger partial charge in [0.15, 0.2) is 5.69 Å². The Morgan fingerprint density at radius 1 is 1.19 bits per heavy atom. The van der Waals surface area contributed by atoms with Crippen LogP contribution in [0.25, 0.3) is 0 Å². The number of nitrogens with one attached hydrogen (secondary N) is 1. The van der Waals surface area contributed by atoms with Crippen LogP contribution in [0.3, 0.4) is 0 Å². The number of nitriles is 1. The first-order valence-electron chi connectivity index (χ1n) is 16.3. The number of carbonyl (C=O) groups excluding carboxylic acids is 1. The zero-order valence-electron chi connectivity index (χ0n) is 27.0. The maximum Gasteiger partial charge on any atom is 0.418 e. The Hall–Kier alpha value is -4.42. The van der Waals surface area contributed by atoms with Crippen molar-refractivity contribution >= 4 is 17.4 Å². The van der Waals surface area contributed by atoms with Gasteiger partial charge in [0.1, 0.15) is 12.4 Å². The monoisotopic (exact) mass is 665 g/mol. The number of hydrogen-bond donors (Lipinski definition) is 2. The predicted octanol–water partition coefficient (Wildman–Crippen LogP) is 4.05. The quantitative estimate of drug-likeness (QED) is 0.370. The number of alkyl halides is 3. The Balaban J connectivity index is 1.28. The van der Waals surface area contributed by atoms with Gasteiger partial charge in [-0.3, -0.25) is 14.4 Å². The number of aromatic nitrogens is 4. The Morgan fingerprint density at radius 2 is 1.96 bits per heavy atom. The number of hydrogen-bond acceptors (Lipinski definition) is 10. The molecule has 1 unspecified atom stereocenters. The maximum atomic E-state index is 14.3. The Kier molecular flexibility index (Phi) is 8.19. The van der Waals surface area contributed by atoms with Crippen LogP contribution in [0.15, 0.2) is 12.1 Å². The van der Waals surface area contributed by atoms with Crippen LogP contribution in [0, 0.1) is 18.3 Å². The predicted molar refractivity (Wildman–Crippen MR) is 168 cm³/mol. The highest BCUT2D eigenvalue weighted by Gasteiger charge is 2.45. The highest BCUT2D eigenvalue weighted by molar-refractivity contribution is 5.93. The van der Waals surface area contributed by atoms with Crippen molar-refractivity contribution in [2.75, 3.05) is 43.9 Å². The molecule has 2 aromatic heterocycles. The summed E-state index contributed by atoms with van der Waals surface area (Å²) in [4.78, 5) is 26.8. The molecule has 0 saturated carbocycles. The van der Waals surface area contributed by atoms with Crippen LogP contribution in [-0.2, 0) is 37.0 Å². The van der Waals surface area contributed by atoms with Gasteiger partial charge in [0.05, 0.1) is 53.4 Å². The molecule has 1 aromatic carbocycles. The molecular weight excluding hydrogens is 627 g/mol. The number of nitrogens with zero attached hydrogens (tertiary/aromatic N) is 7. The van der Waals surface area contributed by atoms with Crippen molar-refractivity contribution in [1.29, 1.82) is 5.26 Å². The smallest absolute Gasteiger partial charge is 0.418 e. The van der Waals surface area contributed by atoms with Crippen molar-refractivity contribution < 1.29 is 27.4 Å². The molecule has 2 saturated heterocycles. The Bertz CT molecular complexity index is 1790. The lowest BCUT2D eigenvalue weighted by Gasteiger charge is -2.33. The van der Waals surface area contributed by atoms with E-state index in [-0.39, 0.29) is 41.7 Å². The average molecular weight is 666 g/mol. The summed E-state index contributed by atoms with van der Waals surface area (Å²) in [6.07, 6.45) is -0.872. The molecule has 7 rings (SSSR count). The lowest BCUT2D eigenvalue weighted by Crippen LogP contribution is -2.43. The molecule has 1 amide bonds. The van der Waals surface area contributed by atoms with Crippen molar-refractivity contribution in [2.24, 2.45) is 0 Å². The first-order valence-corrected chi connectivity index (χ1v) is 16.3. The number of fused-ring (bicyclic) bond motifs is 3. The zero-order chi connectivity index (χ0) is 33.8. The number of nitrogens with two attached hydrogens (primary N) is 1. The summed E-state index contributed by atoms with van der Waals surface area (Å²) in [7, 11) is 1.57. The molecule has 6 heterocycles. The molecule has 3 N–H and O–H groups in total. The molecule has 12 nitrogen and oxygen atoms in total. The van der Waals surface area contributed by atoms with Gasteiger partial charge >= 0.3 is 12.2 Å². The van der Waals surface area contributed by atoms with E-state index in [2.05, 4.69) is 20.2 Å². The van der Waals surface area contributed by atoms with Crippen LogP contribution < -0.4 is 20.7 Å². The minimum Gasteiger partial charge on any atom is -0.461 e. The number of benzene rings is 1. The summed E-state index contributed by atoms with van der Waals surface area (Å²) in [6.45, 7) is 5.92. The minimum absolute atomic E-state index is 0.00149. The van der Waals surface area contributed by atoms with E-state index in [4.69, 9.17) is 25.2 Å². The second-order valence-electron chi connectivity index (χ2n) is 13.1. The summed E-state index contributed by atoms with van der Waals surface area (Å²) in [5.41, 5.74) is 7.34. The highest BCUT2D eigenvalue weighted by atomic mass is 19.4. The fraction of sp³-hybridized carbons (Fsp3) is 0.545. The van der Waals surface area contributed by atoms with Gasteiger partial charge < -0.3 is 25.4 Å². The molecule has 3 aromatic rings. The topological polar surface area (TPSA) is 147 Å². The van der Waals surface area contributed by atoms with Gasteiger partial charge in [-0.05, 0) is 69.8 Å². The molecule has 4 aliphatic rings. The summed E-state index contributed by atoms with van der Waals surface area (Å²) >= 11 is 0. The van der Waals surface area contributed by atoms with Gasteiger partial charge in [-0.25, -0.2) is 0 Å². The van der Waals surface area contributed by atoms with Crippen LogP contribution in [0.1, 0.15) is 87.9 Å². The number of amides is 1. The second-order valence-corrected chi connectivity index (χ2v) is 13.1. The third kappa shape index (κ3) is 5.60. The highest BCUT2D eigenvalue weighted by Crippen LogP contribution is 2.44. The molecule has 0 bridgehead atoms. The molecule has 15 heteroatoms. The molecule has 0 radical (unpaired) electrons. The van der Waals surface area contributed by atoms with Gasteiger partial charge in [0.2, 0.25) is 0 Å².